The minimum absolute atomic E-state index is 0.0205. The molecule has 0 saturated carbocycles. The summed E-state index contributed by atoms with van der Waals surface area (Å²) in [6, 6.07) is 6.38. The van der Waals surface area contributed by atoms with Crippen molar-refractivity contribution in [2.75, 3.05) is 26.3 Å². The number of rotatable bonds is 3. The molecule has 0 spiro atoms. The number of morpholine rings is 1. The average molecular weight is 385 g/mol. The Balaban J connectivity index is 1.89. The molecule has 2 aromatic carbocycles. The fourth-order valence-electron chi connectivity index (χ4n) is 3.31. The number of hydrogen-bond acceptors (Lipinski definition) is 8. The number of fused-ring (bicyclic) bond motifs is 1. The fraction of sp³-hybridized carbons (Fsp3) is 0.250. The maximum absolute atomic E-state index is 12.7. The van der Waals surface area contributed by atoms with Gasteiger partial charge < -0.3 is 29.6 Å². The number of hydrogen-bond donors (Lipinski definition) is 4. The molecule has 8 nitrogen and oxygen atoms in total. The van der Waals surface area contributed by atoms with Crippen LogP contribution in [0.15, 0.2) is 39.5 Å². The van der Waals surface area contributed by atoms with Crippen molar-refractivity contribution in [1.29, 1.82) is 0 Å². The molecule has 4 N–H and O–H groups in total. The summed E-state index contributed by atoms with van der Waals surface area (Å²) < 4.78 is 11.2. The average Bonchev–Trinajstić information content (AvgIpc) is 2.67. The second-order valence-corrected chi connectivity index (χ2v) is 6.66. The van der Waals surface area contributed by atoms with E-state index in [-0.39, 0.29) is 39.7 Å². The van der Waals surface area contributed by atoms with Crippen LogP contribution in [0.5, 0.6) is 23.0 Å². The standard InChI is InChI=1S/C20H19NO7/c22-13-2-1-11(7-15(13)24)18-9-17(26)19-16(25)8-14(23)12(20(19)28-18)10-21-3-5-27-6-4-21/h1-2,7-9,22-25H,3-6,10H2. The predicted octanol–water partition coefficient (Wildman–Crippen LogP) is 2.11. The lowest BCUT2D eigenvalue weighted by Gasteiger charge is -2.27. The second kappa shape index (κ2) is 7.06. The highest BCUT2D eigenvalue weighted by molar-refractivity contribution is 5.89. The van der Waals surface area contributed by atoms with E-state index in [0.717, 1.165) is 6.07 Å². The molecule has 1 aromatic heterocycles. The Kier molecular flexibility index (Phi) is 4.58. The number of nitrogens with zero attached hydrogens (tertiary/aromatic N) is 1. The summed E-state index contributed by atoms with van der Waals surface area (Å²) >= 11 is 0. The first kappa shape index (κ1) is 18.1. The van der Waals surface area contributed by atoms with Crippen molar-refractivity contribution < 1.29 is 29.6 Å². The fourth-order valence-corrected chi connectivity index (χ4v) is 3.31. The molecular formula is C20H19NO7. The van der Waals surface area contributed by atoms with Crippen LogP contribution in [0.2, 0.25) is 0 Å². The van der Waals surface area contributed by atoms with Gasteiger partial charge in [0.05, 0.1) is 18.8 Å². The normalized spacial score (nSPS) is 15.1. The first-order valence-corrected chi connectivity index (χ1v) is 8.78. The van der Waals surface area contributed by atoms with Crippen LogP contribution in [-0.2, 0) is 11.3 Å². The largest absolute Gasteiger partial charge is 0.507 e. The monoisotopic (exact) mass is 385 g/mol. The van der Waals surface area contributed by atoms with Crippen LogP contribution >= 0.6 is 0 Å². The van der Waals surface area contributed by atoms with Crippen molar-refractivity contribution in [3.05, 3.63) is 46.1 Å². The van der Waals surface area contributed by atoms with Crippen LogP contribution < -0.4 is 5.43 Å². The van der Waals surface area contributed by atoms with Gasteiger partial charge in [0.1, 0.15) is 22.6 Å². The molecule has 0 radical (unpaired) electrons. The van der Waals surface area contributed by atoms with Gasteiger partial charge in [-0.1, -0.05) is 0 Å². The maximum Gasteiger partial charge on any atom is 0.197 e. The smallest absolute Gasteiger partial charge is 0.197 e. The van der Waals surface area contributed by atoms with Crippen LogP contribution in [0.25, 0.3) is 22.3 Å². The SMILES string of the molecule is O=c1cc(-c2ccc(O)c(O)c2)oc2c(CN3CCOCC3)c(O)cc(O)c12. The Hall–Kier alpha value is -3.23. The molecule has 146 valence electrons. The molecule has 0 amide bonds. The second-order valence-electron chi connectivity index (χ2n) is 6.66. The highest BCUT2D eigenvalue weighted by Crippen LogP contribution is 2.37. The van der Waals surface area contributed by atoms with Gasteiger partial charge in [0.15, 0.2) is 22.5 Å². The predicted molar refractivity (Wildman–Crippen MR) is 101 cm³/mol. The van der Waals surface area contributed by atoms with Crippen molar-refractivity contribution in [3.63, 3.8) is 0 Å². The summed E-state index contributed by atoms with van der Waals surface area (Å²) in [5, 5.41) is 39.8. The molecule has 0 atom stereocenters. The Bertz CT molecular complexity index is 1100. The molecule has 1 aliphatic heterocycles. The Morgan fingerprint density at radius 1 is 0.893 bits per heavy atom. The minimum Gasteiger partial charge on any atom is -0.507 e. The van der Waals surface area contributed by atoms with E-state index >= 15 is 0 Å². The van der Waals surface area contributed by atoms with E-state index < -0.39 is 5.43 Å². The number of ether oxygens (including phenoxy) is 1. The molecule has 1 aliphatic rings. The van der Waals surface area contributed by atoms with Gasteiger partial charge in [-0.05, 0) is 18.2 Å². The van der Waals surface area contributed by atoms with Crippen molar-refractivity contribution in [2.24, 2.45) is 0 Å². The van der Waals surface area contributed by atoms with E-state index in [1.807, 2.05) is 4.90 Å². The summed E-state index contributed by atoms with van der Waals surface area (Å²) in [5.74, 6) is -1.05. The molecule has 3 aromatic rings. The number of aromatic hydroxyl groups is 4. The third-order valence-electron chi connectivity index (χ3n) is 4.81. The lowest BCUT2D eigenvalue weighted by atomic mass is 10.1. The Labute approximate surface area is 159 Å². The Morgan fingerprint density at radius 2 is 1.64 bits per heavy atom. The van der Waals surface area contributed by atoms with E-state index in [1.165, 1.54) is 24.3 Å². The van der Waals surface area contributed by atoms with Crippen molar-refractivity contribution in [2.45, 2.75) is 6.54 Å². The zero-order chi connectivity index (χ0) is 19.8. The molecule has 28 heavy (non-hydrogen) atoms. The van der Waals surface area contributed by atoms with Gasteiger partial charge in [-0.3, -0.25) is 9.69 Å². The maximum atomic E-state index is 12.7. The zero-order valence-corrected chi connectivity index (χ0v) is 14.9. The molecule has 4 rings (SSSR count). The summed E-state index contributed by atoms with van der Waals surface area (Å²) in [4.78, 5) is 14.7. The molecule has 0 aliphatic carbocycles. The van der Waals surface area contributed by atoms with Gasteiger partial charge in [-0.2, -0.15) is 0 Å². The molecule has 0 bridgehead atoms. The number of phenolic OH excluding ortho intramolecular Hbond substituents is 4. The first-order valence-electron chi connectivity index (χ1n) is 8.78. The highest BCUT2D eigenvalue weighted by atomic mass is 16.5. The van der Waals surface area contributed by atoms with Crippen molar-refractivity contribution >= 4 is 11.0 Å². The van der Waals surface area contributed by atoms with Gasteiger partial charge >= 0.3 is 0 Å². The van der Waals surface area contributed by atoms with Crippen LogP contribution in [0.4, 0.5) is 0 Å². The van der Waals surface area contributed by atoms with E-state index in [9.17, 15) is 25.2 Å². The van der Waals surface area contributed by atoms with Gasteiger partial charge in [0.25, 0.3) is 0 Å². The number of benzene rings is 2. The number of phenols is 4. The van der Waals surface area contributed by atoms with E-state index in [2.05, 4.69) is 0 Å². The summed E-state index contributed by atoms with van der Waals surface area (Å²) in [7, 11) is 0. The molecule has 8 heteroatoms. The van der Waals surface area contributed by atoms with Gasteiger partial charge in [0, 0.05) is 37.3 Å². The molecule has 1 fully saturated rings. The van der Waals surface area contributed by atoms with Crippen molar-refractivity contribution in [1.82, 2.24) is 4.90 Å². The lowest BCUT2D eigenvalue weighted by molar-refractivity contribution is 0.0339. The molecule has 2 heterocycles. The molecule has 0 unspecified atom stereocenters. The van der Waals surface area contributed by atoms with Crippen LogP contribution in [0.1, 0.15) is 5.56 Å². The third kappa shape index (κ3) is 3.23. The van der Waals surface area contributed by atoms with Crippen LogP contribution in [-0.4, -0.2) is 51.6 Å². The molecular weight excluding hydrogens is 366 g/mol. The van der Waals surface area contributed by atoms with Crippen molar-refractivity contribution in [3.8, 4) is 34.3 Å². The molecule has 1 saturated heterocycles. The van der Waals surface area contributed by atoms with Gasteiger partial charge in [-0.15, -0.1) is 0 Å². The quantitative estimate of drug-likeness (QED) is 0.506. The lowest BCUT2D eigenvalue weighted by Crippen LogP contribution is -2.35. The van der Waals surface area contributed by atoms with E-state index in [0.29, 0.717) is 44.0 Å². The van der Waals surface area contributed by atoms with E-state index in [1.54, 1.807) is 0 Å². The van der Waals surface area contributed by atoms with Gasteiger partial charge in [-0.25, -0.2) is 0 Å². The first-order chi connectivity index (χ1) is 13.4. The highest BCUT2D eigenvalue weighted by Gasteiger charge is 2.21. The third-order valence-corrected chi connectivity index (χ3v) is 4.81. The van der Waals surface area contributed by atoms with E-state index in [4.69, 9.17) is 9.15 Å². The summed E-state index contributed by atoms with van der Waals surface area (Å²) in [6.45, 7) is 2.78. The van der Waals surface area contributed by atoms with Crippen LogP contribution in [0.3, 0.4) is 0 Å². The Morgan fingerprint density at radius 3 is 2.36 bits per heavy atom. The summed E-state index contributed by atoms with van der Waals surface area (Å²) in [5.41, 5.74) is 0.356. The van der Waals surface area contributed by atoms with Gasteiger partial charge in [0.2, 0.25) is 0 Å². The summed E-state index contributed by atoms with van der Waals surface area (Å²) in [6.07, 6.45) is 0. The topological polar surface area (TPSA) is 124 Å². The minimum atomic E-state index is -0.482. The zero-order valence-electron chi connectivity index (χ0n) is 14.9. The van der Waals surface area contributed by atoms with Crippen LogP contribution in [0, 0.1) is 0 Å².